The van der Waals surface area contributed by atoms with Crippen molar-refractivity contribution in [3.63, 3.8) is 0 Å². The maximum atomic E-state index is 11.8. The first kappa shape index (κ1) is 23.7. The Hall–Kier alpha value is -0.330. The van der Waals surface area contributed by atoms with Crippen molar-refractivity contribution in [1.29, 1.82) is 0 Å². The lowest BCUT2D eigenvalue weighted by Gasteiger charge is -2.46. The highest BCUT2D eigenvalue weighted by Gasteiger charge is 2.48. The molecule has 8 nitrogen and oxygen atoms in total. The molecule has 0 aromatic heterocycles. The van der Waals surface area contributed by atoms with E-state index >= 15 is 0 Å². The van der Waals surface area contributed by atoms with Crippen LogP contribution >= 0.6 is 23.0 Å². The fraction of sp³-hybridized carbons (Fsp3) is 0.882. The third kappa shape index (κ3) is 6.10. The van der Waals surface area contributed by atoms with Gasteiger partial charge < -0.3 is 28.1 Å². The molecule has 3 N–H and O–H groups in total. The molecule has 0 aliphatic carbocycles. The van der Waals surface area contributed by atoms with E-state index in [2.05, 4.69) is 5.32 Å². The molecule has 1 rings (SSSR count). The van der Waals surface area contributed by atoms with Crippen LogP contribution in [0, 0.1) is 5.41 Å². The highest BCUT2D eigenvalue weighted by Crippen LogP contribution is 2.35. The molecule has 1 amide bonds. The van der Waals surface area contributed by atoms with E-state index in [-0.39, 0.29) is 18.3 Å². The lowest BCUT2D eigenvalue weighted by atomic mass is 9.79. The van der Waals surface area contributed by atoms with E-state index in [1.165, 1.54) is 13.8 Å². The van der Waals surface area contributed by atoms with E-state index in [1.54, 1.807) is 23.0 Å². The maximum absolute atomic E-state index is 11.8. The lowest BCUT2D eigenvalue weighted by molar-refractivity contribution is -0.291. The molecule has 1 saturated heterocycles. The van der Waals surface area contributed by atoms with Crippen molar-refractivity contribution < 1.29 is 32.3 Å². The van der Waals surface area contributed by atoms with Gasteiger partial charge in [0, 0.05) is 12.3 Å². The smallest absolute Gasteiger partial charge is 0.217 e. The SMILES string of the molecule is CC(=O)NC1C(OC(C)(C)CC(C)(C)C(C)=O)OC(CO)C(OI)C1O. The Kier molecular flexibility index (Phi) is 8.43. The van der Waals surface area contributed by atoms with Gasteiger partial charge in [-0.1, -0.05) is 13.8 Å². The summed E-state index contributed by atoms with van der Waals surface area (Å²) < 4.78 is 17.0. The Labute approximate surface area is 168 Å². The number of halogens is 1. The fourth-order valence-electron chi connectivity index (χ4n) is 3.21. The highest BCUT2D eigenvalue weighted by atomic mass is 127. The molecule has 1 aliphatic rings. The summed E-state index contributed by atoms with van der Waals surface area (Å²) in [6.45, 7) is 9.77. The zero-order valence-electron chi connectivity index (χ0n) is 16.1. The zero-order valence-corrected chi connectivity index (χ0v) is 18.3. The van der Waals surface area contributed by atoms with Gasteiger partial charge in [0.05, 0.1) is 12.2 Å². The quantitative estimate of drug-likeness (QED) is 0.440. The van der Waals surface area contributed by atoms with Gasteiger partial charge in [0.1, 0.15) is 53.1 Å². The molecular weight excluding hydrogens is 457 g/mol. The molecule has 1 aliphatic heterocycles. The van der Waals surface area contributed by atoms with Gasteiger partial charge in [-0.3, -0.25) is 9.59 Å². The van der Waals surface area contributed by atoms with Crippen molar-refractivity contribution >= 4 is 34.7 Å². The average molecular weight is 487 g/mol. The summed E-state index contributed by atoms with van der Waals surface area (Å²) in [7, 11) is 0. The predicted octanol–water partition coefficient (Wildman–Crippen LogP) is 1.10. The molecule has 9 heteroatoms. The van der Waals surface area contributed by atoms with E-state index in [4.69, 9.17) is 12.5 Å². The minimum atomic E-state index is -1.14. The molecule has 26 heavy (non-hydrogen) atoms. The maximum Gasteiger partial charge on any atom is 0.217 e. The Bertz CT molecular complexity index is 511. The minimum Gasteiger partial charge on any atom is -0.394 e. The van der Waals surface area contributed by atoms with Crippen molar-refractivity contribution in [1.82, 2.24) is 5.32 Å². The van der Waals surface area contributed by atoms with Gasteiger partial charge in [-0.05, 0) is 27.2 Å². The summed E-state index contributed by atoms with van der Waals surface area (Å²) in [5.74, 6) is -0.327. The molecule has 0 saturated carbocycles. The second-order valence-electron chi connectivity index (χ2n) is 7.99. The Morgan fingerprint density at radius 2 is 1.81 bits per heavy atom. The van der Waals surface area contributed by atoms with Crippen molar-refractivity contribution in [2.24, 2.45) is 5.41 Å². The van der Waals surface area contributed by atoms with E-state index in [0.717, 1.165) is 0 Å². The number of aliphatic hydroxyl groups is 2. The summed E-state index contributed by atoms with van der Waals surface area (Å²) >= 11 is 1.62. The molecule has 152 valence electrons. The van der Waals surface area contributed by atoms with Crippen molar-refractivity contribution in [3.05, 3.63) is 0 Å². The van der Waals surface area contributed by atoms with Crippen LogP contribution < -0.4 is 5.32 Å². The summed E-state index contributed by atoms with van der Waals surface area (Å²) in [4.78, 5) is 23.4. The van der Waals surface area contributed by atoms with E-state index in [1.807, 2.05) is 27.7 Å². The second-order valence-corrected chi connectivity index (χ2v) is 8.50. The number of hydrogen-bond donors (Lipinski definition) is 3. The van der Waals surface area contributed by atoms with Crippen LogP contribution in [0.4, 0.5) is 0 Å². The summed E-state index contributed by atoms with van der Waals surface area (Å²) in [6, 6.07) is -0.880. The van der Waals surface area contributed by atoms with Crippen LogP contribution in [0.3, 0.4) is 0 Å². The van der Waals surface area contributed by atoms with Crippen molar-refractivity contribution in [2.45, 2.75) is 84.2 Å². The number of Topliss-reactive ketones (excluding diaryl/α,β-unsaturated/α-hetero) is 1. The van der Waals surface area contributed by atoms with Crippen LogP contribution in [0.2, 0.25) is 0 Å². The monoisotopic (exact) mass is 487 g/mol. The number of hydrogen-bond acceptors (Lipinski definition) is 7. The molecule has 1 fully saturated rings. The molecule has 0 spiro atoms. The summed E-state index contributed by atoms with van der Waals surface area (Å²) in [5, 5.41) is 22.8. The average Bonchev–Trinajstić information content (AvgIpc) is 2.48. The summed E-state index contributed by atoms with van der Waals surface area (Å²) in [5.41, 5.74) is -1.39. The van der Waals surface area contributed by atoms with Crippen LogP contribution in [-0.4, -0.2) is 64.8 Å². The first-order valence-corrected chi connectivity index (χ1v) is 9.40. The second kappa shape index (κ2) is 9.24. The lowest BCUT2D eigenvalue weighted by Crippen LogP contribution is -2.65. The van der Waals surface area contributed by atoms with Crippen LogP contribution in [0.1, 0.15) is 48.0 Å². The number of amides is 1. The third-order valence-corrected chi connectivity index (χ3v) is 5.17. The van der Waals surface area contributed by atoms with Gasteiger partial charge in [0.2, 0.25) is 5.91 Å². The molecule has 0 aromatic rings. The molecule has 0 bridgehead atoms. The minimum absolute atomic E-state index is 0.0313. The molecule has 5 unspecified atom stereocenters. The summed E-state index contributed by atoms with van der Waals surface area (Å²) in [6.07, 6.45) is -3.37. The van der Waals surface area contributed by atoms with Gasteiger partial charge in [-0.15, -0.1) is 0 Å². The number of carbonyl (C=O) groups is 2. The van der Waals surface area contributed by atoms with E-state index < -0.39 is 41.7 Å². The van der Waals surface area contributed by atoms with Gasteiger partial charge >= 0.3 is 0 Å². The van der Waals surface area contributed by atoms with Crippen molar-refractivity contribution in [2.75, 3.05) is 6.61 Å². The van der Waals surface area contributed by atoms with E-state index in [9.17, 15) is 19.8 Å². The highest BCUT2D eigenvalue weighted by molar-refractivity contribution is 14.1. The third-order valence-electron chi connectivity index (χ3n) is 4.58. The first-order valence-electron chi connectivity index (χ1n) is 8.52. The fourth-order valence-corrected chi connectivity index (χ4v) is 3.84. The Morgan fingerprint density at radius 3 is 2.23 bits per heavy atom. The molecule has 0 radical (unpaired) electrons. The first-order chi connectivity index (χ1) is 11.8. The molecule has 5 atom stereocenters. The number of aliphatic hydroxyl groups excluding tert-OH is 2. The normalized spacial score (nSPS) is 30.1. The predicted molar refractivity (Wildman–Crippen MR) is 102 cm³/mol. The molecular formula is C17H30INO7. The van der Waals surface area contributed by atoms with Gasteiger partial charge in [-0.25, -0.2) is 0 Å². The number of ether oxygens (including phenoxy) is 2. The Morgan fingerprint density at radius 1 is 1.23 bits per heavy atom. The topological polar surface area (TPSA) is 114 Å². The number of ketones is 1. The van der Waals surface area contributed by atoms with Gasteiger partial charge in [0.15, 0.2) is 6.29 Å². The van der Waals surface area contributed by atoms with Gasteiger partial charge in [0.25, 0.3) is 0 Å². The van der Waals surface area contributed by atoms with Crippen LogP contribution in [0.5, 0.6) is 0 Å². The number of nitrogens with one attached hydrogen (secondary N) is 1. The largest absolute Gasteiger partial charge is 0.394 e. The molecule has 1 heterocycles. The molecule has 0 aromatic carbocycles. The standard InChI is InChI=1S/C17H30INO7/c1-9(21)16(3,4)8-17(5,6)25-15-12(19-10(2)22)13(23)14(26-18)11(7-20)24-15/h11-15,20,23H,7-8H2,1-6H3,(H,19,22). The van der Waals surface area contributed by atoms with Crippen molar-refractivity contribution in [3.8, 4) is 0 Å². The van der Waals surface area contributed by atoms with Crippen LogP contribution in [0.25, 0.3) is 0 Å². The van der Waals surface area contributed by atoms with E-state index in [0.29, 0.717) is 6.42 Å². The van der Waals surface area contributed by atoms with Crippen LogP contribution in [0.15, 0.2) is 0 Å². The van der Waals surface area contributed by atoms with Crippen LogP contribution in [-0.2, 0) is 22.1 Å². The zero-order chi connectivity index (χ0) is 20.3. The number of carbonyl (C=O) groups excluding carboxylic acids is 2. The number of rotatable bonds is 8. The van der Waals surface area contributed by atoms with Gasteiger partial charge in [-0.2, -0.15) is 0 Å². The Balaban J connectivity index is 3.04.